The number of hydrogen-bond donors (Lipinski definition) is 2. The molecule has 0 aliphatic carbocycles. The van der Waals surface area contributed by atoms with Gasteiger partial charge >= 0.3 is 0 Å². The van der Waals surface area contributed by atoms with Crippen LogP contribution in [-0.2, 0) is 0 Å². The molecule has 2 rings (SSSR count). The molecule has 1 fully saturated rings. The van der Waals surface area contributed by atoms with Crippen molar-refractivity contribution < 1.29 is 5.11 Å². The predicted octanol–water partition coefficient (Wildman–Crippen LogP) is 1.43. The largest absolute Gasteiger partial charge is 0.389 e. The number of nitrogens with one attached hydrogen (secondary N) is 1. The van der Waals surface area contributed by atoms with Crippen LogP contribution in [0.1, 0.15) is 30.1 Å². The van der Waals surface area contributed by atoms with Crippen LogP contribution in [0.4, 0.5) is 0 Å². The highest BCUT2D eigenvalue weighted by Crippen LogP contribution is 2.22. The minimum absolute atomic E-state index is 0.354. The van der Waals surface area contributed by atoms with E-state index in [9.17, 15) is 5.11 Å². The van der Waals surface area contributed by atoms with Crippen LogP contribution in [0.15, 0.2) is 24.3 Å². The molecular weight excluding hydrogens is 162 g/mol. The van der Waals surface area contributed by atoms with Gasteiger partial charge in [0.25, 0.3) is 0 Å². The summed E-state index contributed by atoms with van der Waals surface area (Å²) in [5, 5.41) is 12.7. The molecule has 1 aromatic carbocycles. The van der Waals surface area contributed by atoms with Gasteiger partial charge in [0.05, 0.1) is 6.10 Å². The second-order valence-electron chi connectivity index (χ2n) is 3.70. The first kappa shape index (κ1) is 8.73. The molecule has 0 aromatic heterocycles. The molecule has 2 N–H and O–H groups in total. The van der Waals surface area contributed by atoms with Crippen molar-refractivity contribution in [3.8, 4) is 0 Å². The van der Waals surface area contributed by atoms with Crippen LogP contribution in [0.2, 0.25) is 0 Å². The monoisotopic (exact) mass is 177 g/mol. The maximum absolute atomic E-state index is 9.41. The Morgan fingerprint density at radius 1 is 1.46 bits per heavy atom. The lowest BCUT2D eigenvalue weighted by atomic mass is 9.92. The van der Waals surface area contributed by atoms with E-state index in [-0.39, 0.29) is 6.10 Å². The van der Waals surface area contributed by atoms with Crippen molar-refractivity contribution >= 4 is 0 Å². The molecule has 0 saturated carbocycles. The van der Waals surface area contributed by atoms with Crippen molar-refractivity contribution in [1.82, 2.24) is 5.32 Å². The molecule has 2 heteroatoms. The van der Waals surface area contributed by atoms with Gasteiger partial charge in [0, 0.05) is 19.0 Å². The smallest absolute Gasteiger partial charge is 0.0762 e. The maximum atomic E-state index is 9.41. The third-order valence-corrected chi connectivity index (χ3v) is 2.65. The number of aliphatic hydroxyl groups excluding tert-OH is 1. The molecule has 0 radical (unpaired) electrons. The van der Waals surface area contributed by atoms with Crippen molar-refractivity contribution in [3.05, 3.63) is 35.4 Å². The zero-order valence-corrected chi connectivity index (χ0v) is 7.83. The zero-order valence-electron chi connectivity index (χ0n) is 7.83. The van der Waals surface area contributed by atoms with Crippen LogP contribution in [0, 0.1) is 0 Å². The normalized spacial score (nSPS) is 19.5. The van der Waals surface area contributed by atoms with Gasteiger partial charge in [-0.05, 0) is 18.1 Å². The summed E-state index contributed by atoms with van der Waals surface area (Å²) in [5.74, 6) is 0.652. The van der Waals surface area contributed by atoms with Crippen LogP contribution >= 0.6 is 0 Å². The number of aliphatic hydroxyl groups is 1. The summed E-state index contributed by atoms with van der Waals surface area (Å²) < 4.78 is 0. The minimum Gasteiger partial charge on any atom is -0.389 e. The maximum Gasteiger partial charge on any atom is 0.0762 e. The highest BCUT2D eigenvalue weighted by molar-refractivity contribution is 5.29. The SMILES string of the molecule is CC(O)c1cccc(C2CNC2)c1. The fourth-order valence-electron chi connectivity index (χ4n) is 1.60. The third kappa shape index (κ3) is 1.74. The van der Waals surface area contributed by atoms with Crippen LogP contribution in [-0.4, -0.2) is 18.2 Å². The number of rotatable bonds is 2. The van der Waals surface area contributed by atoms with Crippen molar-refractivity contribution in [1.29, 1.82) is 0 Å². The molecule has 1 aromatic rings. The van der Waals surface area contributed by atoms with E-state index in [0.717, 1.165) is 18.7 Å². The Labute approximate surface area is 78.6 Å². The fourth-order valence-corrected chi connectivity index (χ4v) is 1.60. The molecule has 0 bridgehead atoms. The summed E-state index contributed by atoms with van der Waals surface area (Å²) in [5.41, 5.74) is 2.36. The summed E-state index contributed by atoms with van der Waals surface area (Å²) in [4.78, 5) is 0. The van der Waals surface area contributed by atoms with E-state index in [0.29, 0.717) is 5.92 Å². The van der Waals surface area contributed by atoms with Gasteiger partial charge in [-0.2, -0.15) is 0 Å². The first-order valence-corrected chi connectivity index (χ1v) is 4.76. The molecule has 13 heavy (non-hydrogen) atoms. The van der Waals surface area contributed by atoms with Crippen LogP contribution in [0.25, 0.3) is 0 Å². The molecule has 1 saturated heterocycles. The second-order valence-corrected chi connectivity index (χ2v) is 3.70. The average Bonchev–Trinajstić information content (AvgIpc) is 2.01. The Balaban J connectivity index is 2.21. The molecule has 1 aliphatic heterocycles. The summed E-state index contributed by atoms with van der Waals surface area (Å²) in [7, 11) is 0. The Morgan fingerprint density at radius 2 is 2.23 bits per heavy atom. The van der Waals surface area contributed by atoms with E-state index in [1.807, 2.05) is 12.1 Å². The van der Waals surface area contributed by atoms with Gasteiger partial charge in [-0.25, -0.2) is 0 Å². The fraction of sp³-hybridized carbons (Fsp3) is 0.455. The lowest BCUT2D eigenvalue weighted by Gasteiger charge is -2.28. The van der Waals surface area contributed by atoms with Gasteiger partial charge in [-0.1, -0.05) is 24.3 Å². The van der Waals surface area contributed by atoms with Crippen molar-refractivity contribution in [2.24, 2.45) is 0 Å². The van der Waals surface area contributed by atoms with Gasteiger partial charge in [-0.3, -0.25) is 0 Å². The summed E-state index contributed by atoms with van der Waals surface area (Å²) in [6, 6.07) is 8.24. The van der Waals surface area contributed by atoms with Crippen LogP contribution in [0.3, 0.4) is 0 Å². The Bertz CT molecular complexity index is 292. The molecule has 1 atom stereocenters. The Kier molecular flexibility index (Phi) is 2.34. The minimum atomic E-state index is -0.354. The van der Waals surface area contributed by atoms with Crippen LogP contribution < -0.4 is 5.32 Å². The first-order valence-electron chi connectivity index (χ1n) is 4.76. The molecule has 2 nitrogen and oxygen atoms in total. The molecule has 1 aliphatic rings. The molecule has 70 valence electrons. The summed E-state index contributed by atoms with van der Waals surface area (Å²) in [6.45, 7) is 3.95. The van der Waals surface area contributed by atoms with Crippen molar-refractivity contribution in [2.45, 2.75) is 18.9 Å². The van der Waals surface area contributed by atoms with Crippen molar-refractivity contribution in [2.75, 3.05) is 13.1 Å². The predicted molar refractivity (Wildman–Crippen MR) is 52.7 cm³/mol. The standard InChI is InChI=1S/C11H15NO/c1-8(13)9-3-2-4-10(5-9)11-6-12-7-11/h2-5,8,11-13H,6-7H2,1H3. The number of benzene rings is 1. The summed E-state index contributed by atoms with van der Waals surface area (Å²) >= 11 is 0. The first-order chi connectivity index (χ1) is 6.27. The Hall–Kier alpha value is -0.860. The average molecular weight is 177 g/mol. The van der Waals surface area contributed by atoms with Crippen molar-refractivity contribution in [3.63, 3.8) is 0 Å². The molecule has 1 unspecified atom stereocenters. The molecule has 0 spiro atoms. The zero-order chi connectivity index (χ0) is 9.26. The highest BCUT2D eigenvalue weighted by atomic mass is 16.3. The van der Waals surface area contributed by atoms with E-state index in [1.165, 1.54) is 5.56 Å². The molecular formula is C11H15NO. The van der Waals surface area contributed by atoms with Gasteiger partial charge in [0.1, 0.15) is 0 Å². The van der Waals surface area contributed by atoms with E-state index in [4.69, 9.17) is 0 Å². The van der Waals surface area contributed by atoms with Gasteiger partial charge < -0.3 is 10.4 Å². The van der Waals surface area contributed by atoms with E-state index in [2.05, 4.69) is 17.4 Å². The summed E-state index contributed by atoms with van der Waals surface area (Å²) in [6.07, 6.45) is -0.354. The topological polar surface area (TPSA) is 32.3 Å². The Morgan fingerprint density at radius 3 is 2.77 bits per heavy atom. The van der Waals surface area contributed by atoms with E-state index < -0.39 is 0 Å². The highest BCUT2D eigenvalue weighted by Gasteiger charge is 2.18. The van der Waals surface area contributed by atoms with E-state index >= 15 is 0 Å². The van der Waals surface area contributed by atoms with Crippen LogP contribution in [0.5, 0.6) is 0 Å². The van der Waals surface area contributed by atoms with Gasteiger partial charge in [0.15, 0.2) is 0 Å². The van der Waals surface area contributed by atoms with E-state index in [1.54, 1.807) is 6.92 Å². The lowest BCUT2D eigenvalue weighted by Crippen LogP contribution is -2.39. The van der Waals surface area contributed by atoms with Gasteiger partial charge in [-0.15, -0.1) is 0 Å². The quantitative estimate of drug-likeness (QED) is 0.716. The van der Waals surface area contributed by atoms with Gasteiger partial charge in [0.2, 0.25) is 0 Å². The third-order valence-electron chi connectivity index (χ3n) is 2.65. The second kappa shape index (κ2) is 3.48. The lowest BCUT2D eigenvalue weighted by molar-refractivity contribution is 0.199. The number of hydrogen-bond acceptors (Lipinski definition) is 2. The molecule has 0 amide bonds. The molecule has 1 heterocycles.